The molecule has 0 fully saturated rings. The molecule has 2 rings (SSSR count). The van der Waals surface area contributed by atoms with Gasteiger partial charge in [-0.1, -0.05) is 6.07 Å². The van der Waals surface area contributed by atoms with Gasteiger partial charge in [0.25, 0.3) is 0 Å². The van der Waals surface area contributed by atoms with Crippen molar-refractivity contribution in [2.24, 2.45) is 0 Å². The van der Waals surface area contributed by atoms with Gasteiger partial charge in [-0.05, 0) is 49.1 Å². The maximum Gasteiger partial charge on any atom is 0.319 e. The van der Waals surface area contributed by atoms with Gasteiger partial charge >= 0.3 is 6.03 Å². The van der Waals surface area contributed by atoms with E-state index in [0.29, 0.717) is 17.9 Å². The van der Waals surface area contributed by atoms with Crippen LogP contribution >= 0.6 is 11.8 Å². The standard InChI is InChI=1S/C17H20N4O2S/c1-12(24-2)16(22)20-14-4-3-5-15(10-14)21-17(23)19-11-13-6-8-18-9-7-13/h3-10,12H,11H2,1-2H3,(H,20,22)(H2,19,21,23). The van der Waals surface area contributed by atoms with Crippen LogP contribution < -0.4 is 16.0 Å². The van der Waals surface area contributed by atoms with Gasteiger partial charge in [0.05, 0.1) is 5.25 Å². The van der Waals surface area contributed by atoms with E-state index in [-0.39, 0.29) is 17.2 Å². The molecule has 3 N–H and O–H groups in total. The third-order valence-corrected chi connectivity index (χ3v) is 4.23. The third-order valence-electron chi connectivity index (χ3n) is 3.31. The van der Waals surface area contributed by atoms with Crippen molar-refractivity contribution in [3.63, 3.8) is 0 Å². The highest BCUT2D eigenvalue weighted by Gasteiger charge is 2.11. The highest BCUT2D eigenvalue weighted by molar-refractivity contribution is 7.99. The molecule has 0 saturated heterocycles. The molecule has 0 radical (unpaired) electrons. The second-order valence-corrected chi connectivity index (χ2v) is 6.29. The number of hydrogen-bond donors (Lipinski definition) is 3. The number of urea groups is 1. The lowest BCUT2D eigenvalue weighted by Gasteiger charge is -2.12. The number of anilines is 2. The Hall–Kier alpha value is -2.54. The first-order valence-corrected chi connectivity index (χ1v) is 8.75. The van der Waals surface area contributed by atoms with Crippen LogP contribution in [0.15, 0.2) is 48.8 Å². The monoisotopic (exact) mass is 344 g/mol. The molecule has 0 aliphatic rings. The third kappa shape index (κ3) is 5.58. The number of aromatic nitrogens is 1. The van der Waals surface area contributed by atoms with Crippen molar-refractivity contribution in [3.05, 3.63) is 54.4 Å². The Morgan fingerprint density at radius 2 is 1.79 bits per heavy atom. The van der Waals surface area contributed by atoms with Crippen molar-refractivity contribution >= 4 is 35.1 Å². The van der Waals surface area contributed by atoms with E-state index in [0.717, 1.165) is 5.56 Å². The van der Waals surface area contributed by atoms with Crippen molar-refractivity contribution in [1.29, 1.82) is 0 Å². The van der Waals surface area contributed by atoms with Gasteiger partial charge in [-0.3, -0.25) is 9.78 Å². The van der Waals surface area contributed by atoms with Crippen molar-refractivity contribution in [1.82, 2.24) is 10.3 Å². The van der Waals surface area contributed by atoms with E-state index < -0.39 is 0 Å². The Bertz CT molecular complexity index is 694. The fourth-order valence-electron chi connectivity index (χ4n) is 1.88. The van der Waals surface area contributed by atoms with Gasteiger partial charge in [-0.2, -0.15) is 11.8 Å². The number of thioether (sulfide) groups is 1. The number of benzene rings is 1. The summed E-state index contributed by atoms with van der Waals surface area (Å²) in [7, 11) is 0. The fraction of sp³-hybridized carbons (Fsp3) is 0.235. The maximum atomic E-state index is 11.9. The Balaban J connectivity index is 1.89. The van der Waals surface area contributed by atoms with E-state index >= 15 is 0 Å². The summed E-state index contributed by atoms with van der Waals surface area (Å²) in [5.41, 5.74) is 2.22. The summed E-state index contributed by atoms with van der Waals surface area (Å²) in [5, 5.41) is 8.21. The molecule has 1 unspecified atom stereocenters. The lowest BCUT2D eigenvalue weighted by atomic mass is 10.2. The zero-order chi connectivity index (χ0) is 17.4. The van der Waals surface area contributed by atoms with Gasteiger partial charge in [0.2, 0.25) is 5.91 Å². The minimum Gasteiger partial charge on any atom is -0.334 e. The smallest absolute Gasteiger partial charge is 0.319 e. The lowest BCUT2D eigenvalue weighted by molar-refractivity contribution is -0.115. The summed E-state index contributed by atoms with van der Waals surface area (Å²) in [6.07, 6.45) is 5.24. The second-order valence-electron chi connectivity index (χ2n) is 5.11. The van der Waals surface area contributed by atoms with E-state index in [1.54, 1.807) is 36.7 Å². The molecule has 6 nitrogen and oxygen atoms in total. The predicted molar refractivity (Wildman–Crippen MR) is 98.1 cm³/mol. The van der Waals surface area contributed by atoms with E-state index in [9.17, 15) is 9.59 Å². The number of carbonyl (C=O) groups is 2. The first kappa shape index (κ1) is 17.8. The highest BCUT2D eigenvalue weighted by atomic mass is 32.2. The van der Waals surface area contributed by atoms with Gasteiger partial charge in [-0.25, -0.2) is 4.79 Å². The highest BCUT2D eigenvalue weighted by Crippen LogP contribution is 2.16. The fourth-order valence-corrected chi connectivity index (χ4v) is 2.16. The van der Waals surface area contributed by atoms with Crippen molar-refractivity contribution < 1.29 is 9.59 Å². The van der Waals surface area contributed by atoms with Crippen LogP contribution in [0.1, 0.15) is 12.5 Å². The molecule has 24 heavy (non-hydrogen) atoms. The molecule has 1 atom stereocenters. The number of nitrogens with one attached hydrogen (secondary N) is 3. The minimum atomic E-state index is -0.312. The Kier molecular flexibility index (Phi) is 6.62. The molecule has 1 aromatic heterocycles. The first-order chi connectivity index (χ1) is 11.6. The van der Waals surface area contributed by atoms with Crippen LogP contribution in [0.4, 0.5) is 16.2 Å². The number of pyridine rings is 1. The average molecular weight is 344 g/mol. The number of amides is 3. The average Bonchev–Trinajstić information content (AvgIpc) is 2.60. The molecule has 0 aliphatic carbocycles. The summed E-state index contributed by atoms with van der Waals surface area (Å²) in [6, 6.07) is 10.4. The van der Waals surface area contributed by atoms with E-state index in [1.807, 2.05) is 25.3 Å². The summed E-state index contributed by atoms with van der Waals surface area (Å²) in [5.74, 6) is -0.0678. The zero-order valence-corrected chi connectivity index (χ0v) is 14.4. The van der Waals surface area contributed by atoms with Crippen molar-refractivity contribution in [2.45, 2.75) is 18.7 Å². The normalized spacial score (nSPS) is 11.4. The Morgan fingerprint density at radius 3 is 2.46 bits per heavy atom. The van der Waals surface area contributed by atoms with Crippen LogP contribution in [0.2, 0.25) is 0 Å². The molecule has 3 amide bonds. The van der Waals surface area contributed by atoms with Crippen LogP contribution in [0, 0.1) is 0 Å². The minimum absolute atomic E-state index is 0.0678. The number of rotatable bonds is 6. The van der Waals surface area contributed by atoms with Crippen LogP contribution in [0.25, 0.3) is 0 Å². The molecule has 1 aromatic carbocycles. The first-order valence-electron chi connectivity index (χ1n) is 7.46. The van der Waals surface area contributed by atoms with Gasteiger partial charge in [0.1, 0.15) is 0 Å². The SMILES string of the molecule is CSC(C)C(=O)Nc1cccc(NC(=O)NCc2ccncc2)c1. The van der Waals surface area contributed by atoms with Crippen molar-refractivity contribution in [3.8, 4) is 0 Å². The molecule has 1 heterocycles. The number of nitrogens with zero attached hydrogens (tertiary/aromatic N) is 1. The largest absolute Gasteiger partial charge is 0.334 e. The van der Waals surface area contributed by atoms with Crippen LogP contribution in [-0.2, 0) is 11.3 Å². The number of hydrogen-bond acceptors (Lipinski definition) is 4. The molecule has 2 aromatic rings. The second kappa shape index (κ2) is 8.93. The summed E-state index contributed by atoms with van der Waals surface area (Å²) < 4.78 is 0. The topological polar surface area (TPSA) is 83.1 Å². The van der Waals surface area contributed by atoms with Crippen LogP contribution in [0.5, 0.6) is 0 Å². The maximum absolute atomic E-state index is 11.9. The summed E-state index contributed by atoms with van der Waals surface area (Å²) >= 11 is 1.48. The molecule has 126 valence electrons. The molecule has 0 aliphatic heterocycles. The number of carbonyl (C=O) groups excluding carboxylic acids is 2. The van der Waals surface area contributed by atoms with Crippen LogP contribution in [0.3, 0.4) is 0 Å². The molecule has 0 saturated carbocycles. The van der Waals surface area contributed by atoms with E-state index in [4.69, 9.17) is 0 Å². The van der Waals surface area contributed by atoms with Crippen molar-refractivity contribution in [2.75, 3.05) is 16.9 Å². The van der Waals surface area contributed by atoms with Gasteiger partial charge < -0.3 is 16.0 Å². The Morgan fingerprint density at radius 1 is 1.12 bits per heavy atom. The van der Waals surface area contributed by atoms with E-state index in [1.165, 1.54) is 11.8 Å². The summed E-state index contributed by atoms with van der Waals surface area (Å²) in [6.45, 7) is 2.25. The predicted octanol–water partition coefficient (Wildman–Crippen LogP) is 3.09. The molecule has 7 heteroatoms. The molecular formula is C17H20N4O2S. The quantitative estimate of drug-likeness (QED) is 0.752. The van der Waals surface area contributed by atoms with Gasteiger partial charge in [0.15, 0.2) is 0 Å². The zero-order valence-electron chi connectivity index (χ0n) is 13.6. The molecule has 0 spiro atoms. The molecule has 0 bridgehead atoms. The van der Waals surface area contributed by atoms with Crippen LogP contribution in [-0.4, -0.2) is 28.4 Å². The van der Waals surface area contributed by atoms with Gasteiger partial charge in [-0.15, -0.1) is 0 Å². The molecular weight excluding hydrogens is 324 g/mol. The summed E-state index contributed by atoms with van der Waals surface area (Å²) in [4.78, 5) is 27.8. The lowest BCUT2D eigenvalue weighted by Crippen LogP contribution is -2.28. The van der Waals surface area contributed by atoms with E-state index in [2.05, 4.69) is 20.9 Å². The van der Waals surface area contributed by atoms with Gasteiger partial charge in [0, 0.05) is 30.3 Å². The Labute approximate surface area is 145 Å².